The molecule has 0 N–H and O–H groups in total. The van der Waals surface area contributed by atoms with Crippen LogP contribution in [0.3, 0.4) is 0 Å². The summed E-state index contributed by atoms with van der Waals surface area (Å²) in [6.07, 6.45) is 10.8. The minimum Gasteiger partial charge on any atom is -0.280 e. The van der Waals surface area contributed by atoms with Gasteiger partial charge in [0, 0.05) is 13.2 Å². The summed E-state index contributed by atoms with van der Waals surface area (Å²) >= 11 is 0. The first kappa shape index (κ1) is 10.4. The SMILES string of the molecule is Cc1ccccc1N1C=C2C=CC=CC2N1C. The number of para-hydroxylation sites is 1. The molecule has 2 aliphatic rings. The van der Waals surface area contributed by atoms with Crippen molar-refractivity contribution in [2.75, 3.05) is 12.1 Å². The van der Waals surface area contributed by atoms with Crippen LogP contribution in [0.1, 0.15) is 5.56 Å². The van der Waals surface area contributed by atoms with Gasteiger partial charge in [-0.05, 0) is 24.1 Å². The molecule has 1 aromatic carbocycles. The quantitative estimate of drug-likeness (QED) is 0.723. The van der Waals surface area contributed by atoms with Gasteiger partial charge in [0.2, 0.25) is 0 Å². The van der Waals surface area contributed by atoms with Gasteiger partial charge in [0.1, 0.15) is 0 Å². The Hall–Kier alpha value is -1.80. The van der Waals surface area contributed by atoms with E-state index in [1.165, 1.54) is 16.8 Å². The number of hydrazine groups is 1. The van der Waals surface area contributed by atoms with E-state index in [1.54, 1.807) is 0 Å². The van der Waals surface area contributed by atoms with Crippen LogP contribution in [0, 0.1) is 6.92 Å². The van der Waals surface area contributed by atoms with Crippen molar-refractivity contribution >= 4 is 5.69 Å². The molecule has 0 saturated carbocycles. The highest BCUT2D eigenvalue weighted by molar-refractivity contribution is 5.58. The zero-order valence-electron chi connectivity index (χ0n) is 10.2. The number of aryl methyl sites for hydroxylation is 1. The van der Waals surface area contributed by atoms with Crippen LogP contribution in [0.4, 0.5) is 5.69 Å². The molecule has 0 radical (unpaired) electrons. The average Bonchev–Trinajstić information content (AvgIpc) is 2.68. The van der Waals surface area contributed by atoms with Crippen molar-refractivity contribution < 1.29 is 0 Å². The summed E-state index contributed by atoms with van der Waals surface area (Å²) in [7, 11) is 2.13. The van der Waals surface area contributed by atoms with E-state index in [9.17, 15) is 0 Å². The van der Waals surface area contributed by atoms with Crippen LogP contribution in [0.5, 0.6) is 0 Å². The highest BCUT2D eigenvalue weighted by Crippen LogP contribution is 2.31. The maximum absolute atomic E-state index is 2.26. The third-order valence-electron chi connectivity index (χ3n) is 3.41. The number of anilines is 1. The Morgan fingerprint density at radius 3 is 2.71 bits per heavy atom. The lowest BCUT2D eigenvalue weighted by atomic mass is 10.0. The molecule has 0 fully saturated rings. The molecule has 1 heterocycles. The van der Waals surface area contributed by atoms with E-state index >= 15 is 0 Å². The zero-order chi connectivity index (χ0) is 11.8. The molecule has 17 heavy (non-hydrogen) atoms. The van der Waals surface area contributed by atoms with E-state index in [1.807, 2.05) is 0 Å². The van der Waals surface area contributed by atoms with Crippen LogP contribution in [0.2, 0.25) is 0 Å². The molecule has 1 aliphatic carbocycles. The first-order valence-corrected chi connectivity index (χ1v) is 5.91. The highest BCUT2D eigenvalue weighted by Gasteiger charge is 2.28. The lowest BCUT2D eigenvalue weighted by Crippen LogP contribution is -2.37. The molecule has 1 aliphatic heterocycles. The third kappa shape index (κ3) is 1.61. The van der Waals surface area contributed by atoms with Gasteiger partial charge in [0.25, 0.3) is 0 Å². The zero-order valence-corrected chi connectivity index (χ0v) is 10.2. The van der Waals surface area contributed by atoms with Crippen molar-refractivity contribution in [1.29, 1.82) is 0 Å². The fourth-order valence-electron chi connectivity index (χ4n) is 2.43. The van der Waals surface area contributed by atoms with Crippen LogP contribution < -0.4 is 5.01 Å². The fourth-order valence-corrected chi connectivity index (χ4v) is 2.43. The smallest absolute Gasteiger partial charge is 0.0742 e. The van der Waals surface area contributed by atoms with Crippen LogP contribution >= 0.6 is 0 Å². The van der Waals surface area contributed by atoms with Crippen LogP contribution in [0.25, 0.3) is 0 Å². The summed E-state index contributed by atoms with van der Waals surface area (Å²) in [5.41, 5.74) is 3.89. The van der Waals surface area contributed by atoms with Crippen molar-refractivity contribution in [3.8, 4) is 0 Å². The van der Waals surface area contributed by atoms with Crippen LogP contribution in [-0.2, 0) is 0 Å². The standard InChI is InChI=1S/C15H16N2/c1-12-7-3-5-9-14(12)17-11-13-8-4-6-10-15(13)16(17)2/h3-11,15H,1-2H3. The second-order valence-electron chi connectivity index (χ2n) is 4.52. The van der Waals surface area contributed by atoms with Gasteiger partial charge in [-0.3, -0.25) is 5.01 Å². The highest BCUT2D eigenvalue weighted by atomic mass is 15.6. The number of benzene rings is 1. The number of hydrogen-bond donors (Lipinski definition) is 0. The normalized spacial score (nSPS) is 22.8. The lowest BCUT2D eigenvalue weighted by molar-refractivity contribution is 0.339. The van der Waals surface area contributed by atoms with Crippen molar-refractivity contribution in [3.05, 3.63) is 65.9 Å². The minimum atomic E-state index is 0.375. The number of hydrogen-bond acceptors (Lipinski definition) is 2. The fraction of sp³-hybridized carbons (Fsp3) is 0.200. The maximum Gasteiger partial charge on any atom is 0.0742 e. The Kier molecular flexibility index (Phi) is 2.37. The van der Waals surface area contributed by atoms with E-state index in [2.05, 4.69) is 78.8 Å². The predicted molar refractivity (Wildman–Crippen MR) is 71.6 cm³/mol. The van der Waals surface area contributed by atoms with Crippen molar-refractivity contribution in [1.82, 2.24) is 5.01 Å². The van der Waals surface area contributed by atoms with Crippen molar-refractivity contribution in [3.63, 3.8) is 0 Å². The molecule has 0 aromatic heterocycles. The Balaban J connectivity index is 2.01. The predicted octanol–water partition coefficient (Wildman–Crippen LogP) is 3.04. The Morgan fingerprint density at radius 1 is 1.12 bits per heavy atom. The summed E-state index contributed by atoms with van der Waals surface area (Å²) in [6.45, 7) is 2.15. The number of fused-ring (bicyclic) bond motifs is 1. The number of rotatable bonds is 1. The molecule has 2 heteroatoms. The number of allylic oxidation sites excluding steroid dienone is 2. The first-order valence-electron chi connectivity index (χ1n) is 5.91. The molecule has 0 saturated heterocycles. The monoisotopic (exact) mass is 224 g/mol. The molecule has 3 rings (SSSR count). The summed E-state index contributed by atoms with van der Waals surface area (Å²) in [5.74, 6) is 0. The topological polar surface area (TPSA) is 6.48 Å². The Labute approximate surface area is 102 Å². The number of nitrogens with zero attached hydrogens (tertiary/aromatic N) is 2. The molecule has 1 aromatic rings. The second-order valence-corrected chi connectivity index (χ2v) is 4.52. The van der Waals surface area contributed by atoms with E-state index < -0.39 is 0 Å². The molecule has 1 atom stereocenters. The second kappa shape index (κ2) is 3.90. The number of likely N-dealkylation sites (N-methyl/N-ethyl adjacent to an activating group) is 1. The summed E-state index contributed by atoms with van der Waals surface area (Å²) in [6, 6.07) is 8.85. The largest absolute Gasteiger partial charge is 0.280 e. The third-order valence-corrected chi connectivity index (χ3v) is 3.41. The van der Waals surface area contributed by atoms with Gasteiger partial charge in [-0.25, -0.2) is 5.01 Å². The molecule has 2 nitrogen and oxygen atoms in total. The van der Waals surface area contributed by atoms with E-state index in [0.717, 1.165) is 0 Å². The minimum absolute atomic E-state index is 0.375. The summed E-state index contributed by atoms with van der Waals surface area (Å²) < 4.78 is 0. The Bertz CT molecular complexity index is 525. The molecule has 0 spiro atoms. The molecule has 86 valence electrons. The molecular formula is C15H16N2. The lowest BCUT2D eigenvalue weighted by Gasteiger charge is -2.30. The van der Waals surface area contributed by atoms with Gasteiger partial charge in [0.05, 0.1) is 11.7 Å². The van der Waals surface area contributed by atoms with Crippen LogP contribution in [-0.4, -0.2) is 18.1 Å². The van der Waals surface area contributed by atoms with E-state index in [4.69, 9.17) is 0 Å². The van der Waals surface area contributed by atoms with E-state index in [-0.39, 0.29) is 0 Å². The van der Waals surface area contributed by atoms with Gasteiger partial charge >= 0.3 is 0 Å². The van der Waals surface area contributed by atoms with Crippen LogP contribution in [0.15, 0.2) is 60.3 Å². The maximum atomic E-state index is 2.26. The summed E-state index contributed by atoms with van der Waals surface area (Å²) in [5, 5.41) is 4.49. The van der Waals surface area contributed by atoms with Gasteiger partial charge in [-0.2, -0.15) is 0 Å². The van der Waals surface area contributed by atoms with Gasteiger partial charge in [0.15, 0.2) is 0 Å². The van der Waals surface area contributed by atoms with Gasteiger partial charge in [-0.1, -0.05) is 42.5 Å². The van der Waals surface area contributed by atoms with Gasteiger partial charge < -0.3 is 0 Å². The molecule has 1 unspecified atom stereocenters. The molecular weight excluding hydrogens is 208 g/mol. The summed E-state index contributed by atoms with van der Waals surface area (Å²) in [4.78, 5) is 0. The van der Waals surface area contributed by atoms with E-state index in [0.29, 0.717) is 6.04 Å². The van der Waals surface area contributed by atoms with Crippen molar-refractivity contribution in [2.45, 2.75) is 13.0 Å². The Morgan fingerprint density at radius 2 is 1.94 bits per heavy atom. The average molecular weight is 224 g/mol. The molecule has 0 bridgehead atoms. The first-order chi connectivity index (χ1) is 8.27. The molecule has 0 amide bonds. The van der Waals surface area contributed by atoms with Crippen molar-refractivity contribution in [2.24, 2.45) is 0 Å². The van der Waals surface area contributed by atoms with Gasteiger partial charge in [-0.15, -0.1) is 0 Å².